The fraction of sp³-hybridized carbons (Fsp3) is 0.280. The Balaban J connectivity index is 2.26. The number of anilines is 2. The normalized spacial score (nSPS) is 11.9. The summed E-state index contributed by atoms with van der Waals surface area (Å²) in [6.45, 7) is 5.52. The Hall–Kier alpha value is -4.12. The Kier molecular flexibility index (Phi) is 7.83. The standard InChI is InChI=1S/C25H29N5O5S/c1-25(2,3)28-23(32)20(14-11-12-16(34-4)17(13-14)35-5)30(15-9-7-6-8-10-15)24(33)21-18(26)19(22(27)31)29-36-21/h6-13,20H,26H2,1-5H3,(H2,27,31)(H,28,32). The minimum absolute atomic E-state index is 0.0123. The molecule has 0 bridgehead atoms. The molecular formula is C25H29N5O5S. The Morgan fingerprint density at radius 3 is 2.19 bits per heavy atom. The van der Waals surface area contributed by atoms with E-state index in [9.17, 15) is 14.4 Å². The zero-order valence-electron chi connectivity index (χ0n) is 20.7. The highest BCUT2D eigenvalue weighted by atomic mass is 32.1. The number of amides is 3. The molecule has 0 spiro atoms. The van der Waals surface area contributed by atoms with Gasteiger partial charge in [0, 0.05) is 11.2 Å². The molecule has 1 aromatic heterocycles. The van der Waals surface area contributed by atoms with E-state index in [1.165, 1.54) is 19.1 Å². The molecule has 3 aromatic rings. The van der Waals surface area contributed by atoms with Crippen LogP contribution in [0.15, 0.2) is 48.5 Å². The predicted molar refractivity (Wildman–Crippen MR) is 138 cm³/mol. The zero-order chi connectivity index (χ0) is 26.6. The number of methoxy groups -OCH3 is 2. The van der Waals surface area contributed by atoms with Gasteiger partial charge >= 0.3 is 0 Å². The second kappa shape index (κ2) is 10.6. The van der Waals surface area contributed by atoms with Crippen LogP contribution in [0, 0.1) is 0 Å². The molecule has 1 atom stereocenters. The summed E-state index contributed by atoms with van der Waals surface area (Å²) in [6.07, 6.45) is 0. The Bertz CT molecular complexity index is 1270. The van der Waals surface area contributed by atoms with Crippen molar-refractivity contribution in [3.05, 3.63) is 64.7 Å². The Labute approximate surface area is 213 Å². The SMILES string of the molecule is COc1ccc(C(C(=O)NC(C)(C)C)N(C(=O)c2snc(C(N)=O)c2N)c2ccccc2)cc1OC. The van der Waals surface area contributed by atoms with Gasteiger partial charge in [0.05, 0.1) is 19.9 Å². The summed E-state index contributed by atoms with van der Waals surface area (Å²) in [5.74, 6) is -1.06. The van der Waals surface area contributed by atoms with Crippen molar-refractivity contribution in [2.24, 2.45) is 5.73 Å². The number of nitrogens with two attached hydrogens (primary N) is 2. The number of para-hydroxylation sites is 1. The van der Waals surface area contributed by atoms with Crippen molar-refractivity contribution in [3.63, 3.8) is 0 Å². The van der Waals surface area contributed by atoms with Gasteiger partial charge in [-0.2, -0.15) is 4.37 Å². The number of ether oxygens (including phenoxy) is 2. The van der Waals surface area contributed by atoms with E-state index in [2.05, 4.69) is 9.69 Å². The molecule has 3 rings (SSSR count). The summed E-state index contributed by atoms with van der Waals surface area (Å²) in [6, 6.07) is 12.5. The molecule has 1 unspecified atom stereocenters. The molecule has 190 valence electrons. The van der Waals surface area contributed by atoms with Crippen molar-refractivity contribution in [3.8, 4) is 11.5 Å². The number of hydrogen-bond acceptors (Lipinski definition) is 8. The van der Waals surface area contributed by atoms with Crippen LogP contribution in [0.25, 0.3) is 0 Å². The van der Waals surface area contributed by atoms with Crippen molar-refractivity contribution in [1.29, 1.82) is 0 Å². The van der Waals surface area contributed by atoms with Gasteiger partial charge in [-0.05, 0) is 62.1 Å². The maximum atomic E-state index is 14.0. The number of nitrogens with zero attached hydrogens (tertiary/aromatic N) is 2. The number of carbonyl (C=O) groups is 3. The van der Waals surface area contributed by atoms with Gasteiger partial charge in [0.2, 0.25) is 5.91 Å². The first kappa shape index (κ1) is 26.5. The molecule has 0 aliphatic heterocycles. The quantitative estimate of drug-likeness (QED) is 0.420. The van der Waals surface area contributed by atoms with Crippen molar-refractivity contribution >= 4 is 40.6 Å². The highest BCUT2D eigenvalue weighted by Gasteiger charge is 2.37. The van der Waals surface area contributed by atoms with E-state index in [4.69, 9.17) is 20.9 Å². The molecule has 11 heteroatoms. The van der Waals surface area contributed by atoms with Crippen LogP contribution >= 0.6 is 11.5 Å². The van der Waals surface area contributed by atoms with E-state index >= 15 is 0 Å². The highest BCUT2D eigenvalue weighted by Crippen LogP contribution is 2.36. The predicted octanol–water partition coefficient (Wildman–Crippen LogP) is 3.14. The third-order valence-corrected chi connectivity index (χ3v) is 5.99. The number of rotatable bonds is 8. The molecule has 1 heterocycles. The number of nitrogen functional groups attached to an aromatic ring is 1. The minimum Gasteiger partial charge on any atom is -0.493 e. The molecule has 36 heavy (non-hydrogen) atoms. The first-order valence-corrected chi connectivity index (χ1v) is 11.7. The maximum absolute atomic E-state index is 14.0. The summed E-state index contributed by atoms with van der Waals surface area (Å²) in [4.78, 5) is 40.8. The summed E-state index contributed by atoms with van der Waals surface area (Å²) < 4.78 is 14.7. The second-order valence-electron chi connectivity index (χ2n) is 8.91. The maximum Gasteiger partial charge on any atom is 0.273 e. The summed E-state index contributed by atoms with van der Waals surface area (Å²) >= 11 is 0.743. The van der Waals surface area contributed by atoms with Crippen LogP contribution in [0.1, 0.15) is 52.5 Å². The monoisotopic (exact) mass is 511 g/mol. The van der Waals surface area contributed by atoms with Crippen LogP contribution in [0.2, 0.25) is 0 Å². The molecule has 0 aliphatic carbocycles. The van der Waals surface area contributed by atoms with Crippen LogP contribution in [-0.2, 0) is 4.79 Å². The number of aromatic nitrogens is 1. The van der Waals surface area contributed by atoms with Crippen LogP contribution < -0.4 is 31.2 Å². The molecule has 10 nitrogen and oxygen atoms in total. The van der Waals surface area contributed by atoms with Crippen LogP contribution in [-0.4, -0.2) is 41.9 Å². The lowest BCUT2D eigenvalue weighted by Crippen LogP contribution is -2.49. The van der Waals surface area contributed by atoms with Gasteiger partial charge in [-0.3, -0.25) is 19.3 Å². The highest BCUT2D eigenvalue weighted by molar-refractivity contribution is 7.09. The third-order valence-electron chi connectivity index (χ3n) is 5.14. The van der Waals surface area contributed by atoms with E-state index in [-0.39, 0.29) is 16.3 Å². The van der Waals surface area contributed by atoms with E-state index < -0.39 is 29.3 Å². The van der Waals surface area contributed by atoms with Gasteiger partial charge in [0.15, 0.2) is 17.2 Å². The van der Waals surface area contributed by atoms with Crippen LogP contribution in [0.4, 0.5) is 11.4 Å². The van der Waals surface area contributed by atoms with Crippen LogP contribution in [0.5, 0.6) is 11.5 Å². The minimum atomic E-state index is -1.14. The first-order chi connectivity index (χ1) is 17.0. The zero-order valence-corrected chi connectivity index (χ0v) is 21.5. The molecule has 5 N–H and O–H groups in total. The number of carbonyl (C=O) groups excluding carboxylic acids is 3. The Morgan fingerprint density at radius 1 is 1.03 bits per heavy atom. The molecule has 3 amide bonds. The molecule has 0 fully saturated rings. The lowest BCUT2D eigenvalue weighted by atomic mass is 10.00. The van der Waals surface area contributed by atoms with E-state index in [1.807, 2.05) is 20.8 Å². The third kappa shape index (κ3) is 5.57. The molecule has 0 radical (unpaired) electrons. The summed E-state index contributed by atoms with van der Waals surface area (Å²) in [5.41, 5.74) is 11.4. The lowest BCUT2D eigenvalue weighted by molar-refractivity contribution is -0.123. The van der Waals surface area contributed by atoms with E-state index in [1.54, 1.807) is 48.5 Å². The molecule has 0 saturated heterocycles. The van der Waals surface area contributed by atoms with Gasteiger partial charge in [-0.1, -0.05) is 24.3 Å². The van der Waals surface area contributed by atoms with E-state index in [0.29, 0.717) is 22.7 Å². The van der Waals surface area contributed by atoms with Crippen molar-refractivity contribution in [2.45, 2.75) is 32.4 Å². The average molecular weight is 512 g/mol. The Morgan fingerprint density at radius 2 is 1.67 bits per heavy atom. The second-order valence-corrected chi connectivity index (χ2v) is 9.68. The topological polar surface area (TPSA) is 150 Å². The van der Waals surface area contributed by atoms with Crippen molar-refractivity contribution in [1.82, 2.24) is 9.69 Å². The van der Waals surface area contributed by atoms with Gasteiger partial charge in [0.25, 0.3) is 11.8 Å². The smallest absolute Gasteiger partial charge is 0.273 e. The number of nitrogens with one attached hydrogen (secondary N) is 1. The van der Waals surface area contributed by atoms with E-state index in [0.717, 1.165) is 11.5 Å². The largest absolute Gasteiger partial charge is 0.493 e. The summed E-state index contributed by atoms with van der Waals surface area (Å²) in [5, 5.41) is 2.96. The van der Waals surface area contributed by atoms with Gasteiger partial charge in [0.1, 0.15) is 10.9 Å². The number of benzene rings is 2. The number of primary amides is 1. The molecule has 2 aromatic carbocycles. The number of hydrogen-bond donors (Lipinski definition) is 3. The van der Waals surface area contributed by atoms with Crippen molar-refractivity contribution < 1.29 is 23.9 Å². The average Bonchev–Trinajstić information content (AvgIpc) is 3.22. The molecule has 0 saturated carbocycles. The van der Waals surface area contributed by atoms with Crippen molar-refractivity contribution in [2.75, 3.05) is 24.9 Å². The first-order valence-electron chi connectivity index (χ1n) is 11.0. The molecule has 0 aliphatic rings. The van der Waals surface area contributed by atoms with Gasteiger partial charge in [-0.15, -0.1) is 0 Å². The van der Waals surface area contributed by atoms with Gasteiger partial charge < -0.3 is 26.3 Å². The fourth-order valence-corrected chi connectivity index (χ4v) is 4.33. The summed E-state index contributed by atoms with van der Waals surface area (Å²) in [7, 11) is 2.99. The molecular weight excluding hydrogens is 482 g/mol. The fourth-order valence-electron chi connectivity index (χ4n) is 3.59. The van der Waals surface area contributed by atoms with Crippen LogP contribution in [0.3, 0.4) is 0 Å². The lowest BCUT2D eigenvalue weighted by Gasteiger charge is -2.33. The van der Waals surface area contributed by atoms with Gasteiger partial charge in [-0.25, -0.2) is 0 Å².